The predicted molar refractivity (Wildman–Crippen MR) is 47.8 cm³/mol. The third-order valence-electron chi connectivity index (χ3n) is 2.86. The van der Waals surface area contributed by atoms with Gasteiger partial charge >= 0.3 is 0 Å². The van der Waals surface area contributed by atoms with Gasteiger partial charge in [0.25, 0.3) is 0 Å². The number of Topliss-reactive ketones (excluding diaryl/α,β-unsaturated/α-hetero) is 1. The summed E-state index contributed by atoms with van der Waals surface area (Å²) >= 11 is 3.54. The standard InChI is InChI=1S/C9H11BrO/c1-6-2-3-9(10)7(4-6)5-8(9)11/h2,7H,3-5H2,1H3/t7-,9+/m0/s1. The molecule has 0 aromatic carbocycles. The van der Waals surface area contributed by atoms with E-state index in [2.05, 4.69) is 28.9 Å². The van der Waals surface area contributed by atoms with Crippen LogP contribution in [0.1, 0.15) is 26.2 Å². The molecule has 1 saturated carbocycles. The molecule has 0 radical (unpaired) electrons. The number of fused-ring (bicyclic) bond motifs is 1. The van der Waals surface area contributed by atoms with Crippen molar-refractivity contribution in [2.24, 2.45) is 5.92 Å². The van der Waals surface area contributed by atoms with E-state index in [4.69, 9.17) is 0 Å². The Bertz CT molecular complexity index is 244. The highest BCUT2D eigenvalue weighted by Crippen LogP contribution is 2.51. The van der Waals surface area contributed by atoms with Gasteiger partial charge < -0.3 is 0 Å². The van der Waals surface area contributed by atoms with Gasteiger partial charge in [-0.2, -0.15) is 0 Å². The molecule has 2 aliphatic rings. The summed E-state index contributed by atoms with van der Waals surface area (Å²) in [6, 6.07) is 0. The highest BCUT2D eigenvalue weighted by atomic mass is 79.9. The van der Waals surface area contributed by atoms with Crippen LogP contribution in [0, 0.1) is 5.92 Å². The molecule has 11 heavy (non-hydrogen) atoms. The Morgan fingerprint density at radius 3 is 2.91 bits per heavy atom. The zero-order valence-corrected chi connectivity index (χ0v) is 8.15. The highest BCUT2D eigenvalue weighted by Gasteiger charge is 2.53. The molecular formula is C9H11BrO. The molecule has 0 heterocycles. The molecule has 2 rings (SSSR count). The summed E-state index contributed by atoms with van der Waals surface area (Å²) < 4.78 is -0.146. The minimum absolute atomic E-state index is 0.146. The van der Waals surface area contributed by atoms with Crippen molar-refractivity contribution in [3.63, 3.8) is 0 Å². The van der Waals surface area contributed by atoms with Crippen LogP contribution in [-0.2, 0) is 4.79 Å². The number of carbonyl (C=O) groups excluding carboxylic acids is 1. The summed E-state index contributed by atoms with van der Waals surface area (Å²) in [6.07, 6.45) is 4.98. The molecule has 1 fully saturated rings. The van der Waals surface area contributed by atoms with Crippen LogP contribution in [-0.4, -0.2) is 10.1 Å². The van der Waals surface area contributed by atoms with Gasteiger partial charge in [0, 0.05) is 6.42 Å². The van der Waals surface area contributed by atoms with Crippen LogP contribution in [0.4, 0.5) is 0 Å². The van der Waals surface area contributed by atoms with E-state index in [9.17, 15) is 4.79 Å². The molecule has 1 nitrogen and oxygen atoms in total. The number of hydrogen-bond donors (Lipinski definition) is 0. The van der Waals surface area contributed by atoms with Gasteiger partial charge in [0.1, 0.15) is 0 Å². The number of halogens is 1. The van der Waals surface area contributed by atoms with Crippen molar-refractivity contribution in [3.05, 3.63) is 11.6 Å². The molecule has 0 N–H and O–H groups in total. The fourth-order valence-electron chi connectivity index (χ4n) is 1.96. The van der Waals surface area contributed by atoms with Crippen molar-refractivity contribution in [1.29, 1.82) is 0 Å². The van der Waals surface area contributed by atoms with Crippen molar-refractivity contribution in [2.75, 3.05) is 0 Å². The van der Waals surface area contributed by atoms with Crippen LogP contribution < -0.4 is 0 Å². The zero-order valence-electron chi connectivity index (χ0n) is 6.56. The first kappa shape index (κ1) is 7.53. The van der Waals surface area contributed by atoms with Crippen molar-refractivity contribution < 1.29 is 4.79 Å². The number of rotatable bonds is 0. The summed E-state index contributed by atoms with van der Waals surface area (Å²) in [6.45, 7) is 2.15. The SMILES string of the molecule is CC1=CC[C@]2(Br)C(=O)C[C@@H]2C1. The second-order valence-corrected chi connectivity index (χ2v) is 5.06. The monoisotopic (exact) mass is 214 g/mol. The first-order valence-electron chi connectivity index (χ1n) is 4.01. The Morgan fingerprint density at radius 1 is 1.64 bits per heavy atom. The third-order valence-corrected chi connectivity index (χ3v) is 4.27. The van der Waals surface area contributed by atoms with E-state index in [0.717, 1.165) is 19.3 Å². The Labute approximate surface area is 75.0 Å². The fraction of sp³-hybridized carbons (Fsp3) is 0.667. The van der Waals surface area contributed by atoms with Crippen LogP contribution in [0.5, 0.6) is 0 Å². The van der Waals surface area contributed by atoms with Gasteiger partial charge in [0.15, 0.2) is 5.78 Å². The second-order valence-electron chi connectivity index (χ2n) is 3.65. The number of ketones is 1. The lowest BCUT2D eigenvalue weighted by Crippen LogP contribution is -2.52. The Hall–Kier alpha value is -0.110. The molecule has 2 heteroatoms. The third kappa shape index (κ3) is 0.919. The minimum atomic E-state index is -0.146. The maximum Gasteiger partial charge on any atom is 0.150 e. The van der Waals surface area contributed by atoms with Crippen molar-refractivity contribution in [1.82, 2.24) is 0 Å². The Kier molecular flexibility index (Phi) is 1.50. The predicted octanol–water partition coefficient (Wildman–Crippen LogP) is 2.45. The van der Waals surface area contributed by atoms with Gasteiger partial charge in [-0.25, -0.2) is 0 Å². The molecular weight excluding hydrogens is 204 g/mol. The summed E-state index contributed by atoms with van der Waals surface area (Å²) in [5.74, 6) is 0.978. The smallest absolute Gasteiger partial charge is 0.150 e. The van der Waals surface area contributed by atoms with E-state index in [1.165, 1.54) is 5.57 Å². The largest absolute Gasteiger partial charge is 0.298 e. The van der Waals surface area contributed by atoms with E-state index < -0.39 is 0 Å². The van der Waals surface area contributed by atoms with Crippen molar-refractivity contribution >= 4 is 21.7 Å². The van der Waals surface area contributed by atoms with Crippen molar-refractivity contribution in [3.8, 4) is 0 Å². The first-order valence-corrected chi connectivity index (χ1v) is 4.80. The molecule has 0 aromatic heterocycles. The van der Waals surface area contributed by atoms with Gasteiger partial charge in [-0.1, -0.05) is 27.6 Å². The molecule has 2 atom stereocenters. The van der Waals surface area contributed by atoms with Gasteiger partial charge in [-0.05, 0) is 25.7 Å². The van der Waals surface area contributed by atoms with E-state index in [-0.39, 0.29) is 4.32 Å². The lowest BCUT2D eigenvalue weighted by atomic mass is 9.65. The molecule has 0 saturated heterocycles. The topological polar surface area (TPSA) is 17.1 Å². The van der Waals surface area contributed by atoms with Crippen LogP contribution in [0.25, 0.3) is 0 Å². The number of alkyl halides is 1. The summed E-state index contributed by atoms with van der Waals surface area (Å²) in [7, 11) is 0. The van der Waals surface area contributed by atoms with Crippen LogP contribution in [0.2, 0.25) is 0 Å². The van der Waals surface area contributed by atoms with E-state index in [1.807, 2.05) is 0 Å². The average Bonchev–Trinajstić information content (AvgIpc) is 1.98. The molecule has 0 aromatic rings. The number of carbonyl (C=O) groups is 1. The molecule has 60 valence electrons. The van der Waals surface area contributed by atoms with Crippen LogP contribution >= 0.6 is 15.9 Å². The lowest BCUT2D eigenvalue weighted by Gasteiger charge is -2.45. The Morgan fingerprint density at radius 2 is 2.36 bits per heavy atom. The van der Waals surface area contributed by atoms with Crippen LogP contribution in [0.15, 0.2) is 11.6 Å². The molecule has 0 amide bonds. The summed E-state index contributed by atoms with van der Waals surface area (Å²) in [4.78, 5) is 11.2. The second kappa shape index (κ2) is 2.19. The maximum atomic E-state index is 11.2. The van der Waals surface area contributed by atoms with Gasteiger partial charge in [-0.3, -0.25) is 4.79 Å². The average molecular weight is 215 g/mol. The highest BCUT2D eigenvalue weighted by molar-refractivity contribution is 9.10. The Balaban J connectivity index is 2.24. The number of allylic oxidation sites excluding steroid dienone is 2. The summed E-state index contributed by atoms with van der Waals surface area (Å²) in [5, 5.41) is 0. The van der Waals surface area contributed by atoms with Gasteiger partial charge in [0.05, 0.1) is 4.32 Å². The molecule has 2 aliphatic carbocycles. The molecule has 0 bridgehead atoms. The van der Waals surface area contributed by atoms with E-state index in [0.29, 0.717) is 11.7 Å². The van der Waals surface area contributed by atoms with E-state index in [1.54, 1.807) is 0 Å². The lowest BCUT2D eigenvalue weighted by molar-refractivity contribution is -0.131. The zero-order chi connectivity index (χ0) is 8.06. The minimum Gasteiger partial charge on any atom is -0.298 e. The summed E-state index contributed by atoms with van der Waals surface area (Å²) in [5.41, 5.74) is 1.44. The van der Waals surface area contributed by atoms with E-state index >= 15 is 0 Å². The van der Waals surface area contributed by atoms with Crippen LogP contribution in [0.3, 0.4) is 0 Å². The fourth-order valence-corrected chi connectivity index (χ4v) is 2.61. The number of hydrogen-bond acceptors (Lipinski definition) is 1. The van der Waals surface area contributed by atoms with Gasteiger partial charge in [0.2, 0.25) is 0 Å². The quantitative estimate of drug-likeness (QED) is 0.448. The normalized spacial score (nSPS) is 42.5. The van der Waals surface area contributed by atoms with Gasteiger partial charge in [-0.15, -0.1) is 0 Å². The first-order chi connectivity index (χ1) is 5.13. The molecule has 0 aliphatic heterocycles. The molecule has 0 unspecified atom stereocenters. The van der Waals surface area contributed by atoms with Crippen molar-refractivity contribution in [2.45, 2.75) is 30.5 Å². The molecule has 0 spiro atoms. The maximum absolute atomic E-state index is 11.2.